The fourth-order valence-electron chi connectivity index (χ4n) is 2.87. The number of rotatable bonds is 5. The lowest BCUT2D eigenvalue weighted by Gasteiger charge is -2.41. The Balaban J connectivity index is 1.73. The molecule has 3 aliphatic heterocycles. The summed E-state index contributed by atoms with van der Waals surface area (Å²) in [5, 5.41) is 32.7. The van der Waals surface area contributed by atoms with Gasteiger partial charge in [0.05, 0.1) is 13.2 Å². The van der Waals surface area contributed by atoms with E-state index in [0.717, 1.165) is 11.7 Å². The van der Waals surface area contributed by atoms with Crippen LogP contribution in [0.15, 0.2) is 11.8 Å². The highest BCUT2D eigenvalue weighted by Crippen LogP contribution is 2.48. The van der Waals surface area contributed by atoms with E-state index in [1.807, 2.05) is 0 Å². The second kappa shape index (κ2) is 6.83. The van der Waals surface area contributed by atoms with Crippen molar-refractivity contribution in [1.82, 2.24) is 10.2 Å². The molecule has 3 aliphatic rings. The molecule has 0 aromatic carbocycles. The first-order valence-electron chi connectivity index (χ1n) is 6.82. The van der Waals surface area contributed by atoms with Crippen LogP contribution in [0.1, 0.15) is 6.92 Å². The second-order valence-electron chi connectivity index (χ2n) is 5.61. The van der Waals surface area contributed by atoms with E-state index in [2.05, 4.69) is 20.8 Å². The molecule has 0 amide bonds. The Labute approximate surface area is 145 Å². The molecule has 9 nitrogen and oxygen atoms in total. The summed E-state index contributed by atoms with van der Waals surface area (Å²) in [6.07, 6.45) is -2.93. The molecule has 0 spiro atoms. The summed E-state index contributed by atoms with van der Waals surface area (Å²) in [6.45, 7) is 1.82. The lowest BCUT2D eigenvalue weighted by molar-refractivity contribution is -0.225. The minimum Gasteiger partial charge on any atom is -0.387 e. The van der Waals surface area contributed by atoms with Gasteiger partial charge in [0.25, 0.3) is 15.5 Å². The van der Waals surface area contributed by atoms with E-state index >= 15 is 0 Å². The van der Waals surface area contributed by atoms with Crippen molar-refractivity contribution in [1.29, 1.82) is 0 Å². The largest absolute Gasteiger partial charge is 0.519 e. The first-order chi connectivity index (χ1) is 10.8. The lowest BCUT2D eigenvalue weighted by atomic mass is 10.0. The summed E-state index contributed by atoms with van der Waals surface area (Å²) in [7, 11) is 0. The Kier molecular flexibility index (Phi) is 5.35. The van der Waals surface area contributed by atoms with Gasteiger partial charge in [-0.25, -0.2) is 5.32 Å². The average molecular weight is 432 g/mol. The number of fused-ring (bicyclic) bond motifs is 2. The fraction of sp³-hybridized carbons (Fsp3) is 0.818. The quantitative estimate of drug-likeness (QED) is 0.348. The Morgan fingerprint density at radius 2 is 2.35 bits per heavy atom. The molecule has 0 aliphatic carbocycles. The molecule has 130 valence electrons. The molecular formula is C11H17BrN2O7PS+. The first-order valence-corrected chi connectivity index (χ1v) is 11.4. The number of aliphatic hydroxyl groups excluding tert-OH is 3. The van der Waals surface area contributed by atoms with E-state index in [-0.39, 0.29) is 13.2 Å². The molecule has 0 radical (unpaired) electrons. The Hall–Kier alpha value is 0.190. The zero-order valence-electron chi connectivity index (χ0n) is 12.0. The van der Waals surface area contributed by atoms with Crippen molar-refractivity contribution in [3.63, 3.8) is 0 Å². The standard InChI is InChI=1S/C11H17BrN2O7PS/c1-5-2-14(10(17)13-8(5)16)9-6-7(15)11(21-9,3-19-6)4-20-23-22(12)18/h2,6-10,13,15-17H,3-4H2,1H3/q+1/t6-,7?,8?,9+,10+,11?/m0/s1. The van der Waals surface area contributed by atoms with Crippen molar-refractivity contribution >= 4 is 32.9 Å². The maximum Gasteiger partial charge on any atom is 0.519 e. The summed E-state index contributed by atoms with van der Waals surface area (Å²) >= 11 is 3.62. The molecule has 4 unspecified atom stereocenters. The van der Waals surface area contributed by atoms with Gasteiger partial charge in [0.1, 0.15) is 24.0 Å². The number of hydrogen-bond acceptors (Lipinski definition) is 10. The number of aliphatic hydroxyl groups is 3. The normalized spacial score (nSPS) is 43.7. The molecule has 0 saturated carbocycles. The van der Waals surface area contributed by atoms with Crippen LogP contribution < -0.4 is 5.32 Å². The highest BCUT2D eigenvalue weighted by Gasteiger charge is 2.63. The Bertz CT molecular complexity index is 529. The minimum atomic E-state index is -1.71. The molecule has 0 aromatic rings. The molecule has 0 aromatic heterocycles. The molecule has 3 heterocycles. The van der Waals surface area contributed by atoms with Gasteiger partial charge in [-0.2, -0.15) is 0 Å². The second-order valence-corrected chi connectivity index (χ2v) is 11.2. The van der Waals surface area contributed by atoms with Crippen LogP contribution in [-0.4, -0.2) is 70.0 Å². The zero-order chi connectivity index (χ0) is 16.8. The number of halogens is 1. The third kappa shape index (κ3) is 3.32. The van der Waals surface area contributed by atoms with Crippen molar-refractivity contribution in [2.45, 2.75) is 43.5 Å². The van der Waals surface area contributed by atoms with Gasteiger partial charge < -0.3 is 29.7 Å². The third-order valence-electron chi connectivity index (χ3n) is 4.09. The minimum absolute atomic E-state index is 0.0127. The highest BCUT2D eigenvalue weighted by molar-refractivity contribution is 9.45. The van der Waals surface area contributed by atoms with Crippen LogP contribution >= 0.6 is 32.9 Å². The molecule has 2 saturated heterocycles. The van der Waals surface area contributed by atoms with Gasteiger partial charge in [0.15, 0.2) is 12.6 Å². The monoisotopic (exact) mass is 431 g/mol. The van der Waals surface area contributed by atoms with E-state index < -0.39 is 42.3 Å². The maximum absolute atomic E-state index is 11.0. The summed E-state index contributed by atoms with van der Waals surface area (Å²) < 4.78 is 27.7. The van der Waals surface area contributed by atoms with E-state index in [9.17, 15) is 19.9 Å². The van der Waals surface area contributed by atoms with E-state index in [4.69, 9.17) is 13.7 Å². The number of nitrogens with one attached hydrogen (secondary N) is 1. The van der Waals surface area contributed by atoms with E-state index in [0.29, 0.717) is 5.57 Å². The topological polar surface area (TPSA) is 121 Å². The SMILES string of the molecule is CC1=CN([C@@H]2OC3(COS[P+](=O)Br)CO[C@H]2C3O)[C@H](O)NC1O. The average Bonchev–Trinajstić information content (AvgIpc) is 2.93. The molecule has 4 N–H and O–H groups in total. The molecule has 2 fully saturated rings. The predicted octanol–water partition coefficient (Wildman–Crippen LogP) is -0.0384. The van der Waals surface area contributed by atoms with Crippen LogP contribution in [0.5, 0.6) is 0 Å². The Morgan fingerprint density at radius 3 is 3.04 bits per heavy atom. The van der Waals surface area contributed by atoms with Crippen molar-refractivity contribution in [2.75, 3.05) is 13.2 Å². The number of ether oxygens (including phenoxy) is 2. The summed E-state index contributed by atoms with van der Waals surface area (Å²) in [6, 6.07) is 0. The molecular weight excluding hydrogens is 415 g/mol. The van der Waals surface area contributed by atoms with E-state index in [1.54, 1.807) is 13.1 Å². The zero-order valence-corrected chi connectivity index (χ0v) is 15.3. The fourth-order valence-corrected chi connectivity index (χ4v) is 4.36. The smallest absolute Gasteiger partial charge is 0.387 e. The molecule has 3 rings (SSSR count). The third-order valence-corrected chi connectivity index (χ3v) is 6.16. The van der Waals surface area contributed by atoms with Gasteiger partial charge in [-0.1, -0.05) is 0 Å². The van der Waals surface area contributed by atoms with Crippen molar-refractivity contribution in [3.8, 4) is 0 Å². The van der Waals surface area contributed by atoms with Gasteiger partial charge in [-0.3, -0.25) is 4.18 Å². The number of hydrogen-bond donors (Lipinski definition) is 4. The van der Waals surface area contributed by atoms with Crippen molar-refractivity contribution < 1.29 is 33.5 Å². The van der Waals surface area contributed by atoms with Crippen molar-refractivity contribution in [3.05, 3.63) is 11.8 Å². The van der Waals surface area contributed by atoms with Crippen molar-refractivity contribution in [2.24, 2.45) is 0 Å². The predicted molar refractivity (Wildman–Crippen MR) is 84.2 cm³/mol. The molecule has 23 heavy (non-hydrogen) atoms. The van der Waals surface area contributed by atoms with Gasteiger partial charge in [-0.05, 0) is 17.1 Å². The summed E-state index contributed by atoms with van der Waals surface area (Å²) in [4.78, 5) is 1.44. The van der Waals surface area contributed by atoms with Gasteiger partial charge in [-0.15, -0.1) is 0 Å². The molecule has 12 heteroatoms. The lowest BCUT2D eigenvalue weighted by Crippen LogP contribution is -2.59. The van der Waals surface area contributed by atoms with Crippen LogP contribution in [0.4, 0.5) is 0 Å². The van der Waals surface area contributed by atoms with Crippen LogP contribution in [0.25, 0.3) is 0 Å². The molecule has 7 atom stereocenters. The van der Waals surface area contributed by atoms with Gasteiger partial charge in [0.2, 0.25) is 0 Å². The van der Waals surface area contributed by atoms with Crippen LogP contribution in [0.3, 0.4) is 0 Å². The first kappa shape index (κ1) is 18.0. The van der Waals surface area contributed by atoms with Crippen LogP contribution in [0, 0.1) is 0 Å². The van der Waals surface area contributed by atoms with Gasteiger partial charge in [0, 0.05) is 6.20 Å². The maximum atomic E-state index is 11.0. The van der Waals surface area contributed by atoms with Crippen LogP contribution in [-0.2, 0) is 18.2 Å². The Morgan fingerprint density at radius 1 is 1.61 bits per heavy atom. The highest BCUT2D eigenvalue weighted by atomic mass is 79.9. The summed E-state index contributed by atoms with van der Waals surface area (Å²) in [5.41, 5.74) is -2.20. The summed E-state index contributed by atoms with van der Waals surface area (Å²) in [5.74, 6) is 0. The van der Waals surface area contributed by atoms with Gasteiger partial charge >= 0.3 is 17.4 Å². The number of nitrogens with zero attached hydrogens (tertiary/aromatic N) is 1. The van der Waals surface area contributed by atoms with Crippen LogP contribution in [0.2, 0.25) is 0 Å². The van der Waals surface area contributed by atoms with E-state index in [1.165, 1.54) is 4.90 Å². The molecule has 2 bridgehead atoms.